The number of aromatic amines is 1. The number of amides is 2. The molecule has 2 saturated heterocycles. The minimum Gasteiger partial charge on any atom is -0.446 e. The maximum atomic E-state index is 13.6. The Labute approximate surface area is 223 Å². The van der Waals surface area contributed by atoms with Crippen LogP contribution in [-0.2, 0) is 14.3 Å². The SMILES string of the molecule is CC(C)[C@H](NC(=O)OC1CCOCC1)C(=O)N1CCC[C@H]1c1ncc(-c2ccc(-c3ccccc3)cc2)[nH]1. The summed E-state index contributed by atoms with van der Waals surface area (Å²) in [4.78, 5) is 36.2. The van der Waals surface area contributed by atoms with Gasteiger partial charge in [-0.1, -0.05) is 68.4 Å². The van der Waals surface area contributed by atoms with Crippen LogP contribution >= 0.6 is 0 Å². The molecule has 2 amide bonds. The number of carbonyl (C=O) groups excluding carboxylic acids is 2. The zero-order valence-electron chi connectivity index (χ0n) is 22.1. The van der Waals surface area contributed by atoms with Crippen molar-refractivity contribution in [2.45, 2.75) is 57.7 Å². The lowest BCUT2D eigenvalue weighted by Gasteiger charge is -2.31. The molecule has 2 N–H and O–H groups in total. The van der Waals surface area contributed by atoms with Crippen molar-refractivity contribution in [2.24, 2.45) is 5.92 Å². The standard InChI is InChI=1S/C30H36N4O4/c1-20(2)27(33-30(36)38-24-14-17-37-18-15-24)29(35)34-16-6-9-26(34)28-31-19-25(32-28)23-12-10-22(11-13-23)21-7-4-3-5-8-21/h3-5,7-8,10-13,19-20,24,26-27H,6,9,14-18H2,1-2H3,(H,31,32)(H,33,36)/t26-,27-/m0/s1. The van der Waals surface area contributed by atoms with Crippen molar-refractivity contribution in [3.63, 3.8) is 0 Å². The van der Waals surface area contributed by atoms with Gasteiger partial charge in [0.2, 0.25) is 5.91 Å². The molecule has 3 aromatic rings. The second-order valence-corrected chi connectivity index (χ2v) is 10.4. The van der Waals surface area contributed by atoms with Gasteiger partial charge in [0.25, 0.3) is 0 Å². The first-order valence-electron chi connectivity index (χ1n) is 13.6. The fraction of sp³-hybridized carbons (Fsp3) is 0.433. The van der Waals surface area contributed by atoms with Gasteiger partial charge in [-0.05, 0) is 35.4 Å². The summed E-state index contributed by atoms with van der Waals surface area (Å²) in [7, 11) is 0. The molecule has 0 aliphatic carbocycles. The number of hydrogen-bond acceptors (Lipinski definition) is 5. The van der Waals surface area contributed by atoms with Gasteiger partial charge >= 0.3 is 6.09 Å². The molecule has 1 aromatic heterocycles. The Balaban J connectivity index is 1.26. The molecule has 0 unspecified atom stereocenters. The molecule has 2 aromatic carbocycles. The Morgan fingerprint density at radius 2 is 1.68 bits per heavy atom. The van der Waals surface area contributed by atoms with E-state index in [9.17, 15) is 9.59 Å². The number of nitrogens with one attached hydrogen (secondary N) is 2. The Morgan fingerprint density at radius 1 is 1.00 bits per heavy atom. The van der Waals surface area contributed by atoms with Gasteiger partial charge in [0.15, 0.2) is 0 Å². The first-order chi connectivity index (χ1) is 18.5. The van der Waals surface area contributed by atoms with Crippen LogP contribution in [-0.4, -0.2) is 58.8 Å². The topological polar surface area (TPSA) is 96.5 Å². The summed E-state index contributed by atoms with van der Waals surface area (Å²) in [6.45, 7) is 5.68. The van der Waals surface area contributed by atoms with Gasteiger partial charge in [0.05, 0.1) is 31.1 Å². The predicted molar refractivity (Wildman–Crippen MR) is 145 cm³/mol. The molecule has 8 heteroatoms. The number of H-pyrrole nitrogens is 1. The predicted octanol–water partition coefficient (Wildman–Crippen LogP) is 5.34. The molecule has 2 aliphatic rings. The molecule has 2 atom stereocenters. The number of benzene rings is 2. The number of nitrogens with zero attached hydrogens (tertiary/aromatic N) is 2. The second kappa shape index (κ2) is 11.8. The van der Waals surface area contributed by atoms with Gasteiger partial charge in [-0.25, -0.2) is 9.78 Å². The van der Waals surface area contributed by atoms with E-state index in [1.54, 1.807) is 0 Å². The number of rotatable bonds is 7. The maximum Gasteiger partial charge on any atom is 0.408 e. The second-order valence-electron chi connectivity index (χ2n) is 10.4. The number of alkyl carbamates (subject to hydrolysis) is 1. The molecule has 38 heavy (non-hydrogen) atoms. The molecule has 200 valence electrons. The normalized spacial score (nSPS) is 18.9. The van der Waals surface area contributed by atoms with Crippen molar-refractivity contribution in [3.8, 4) is 22.4 Å². The summed E-state index contributed by atoms with van der Waals surface area (Å²) in [5, 5.41) is 2.84. The molecular weight excluding hydrogens is 480 g/mol. The molecule has 2 fully saturated rings. The monoisotopic (exact) mass is 516 g/mol. The van der Waals surface area contributed by atoms with E-state index in [1.807, 2.05) is 43.1 Å². The van der Waals surface area contributed by atoms with Crippen molar-refractivity contribution in [3.05, 3.63) is 66.6 Å². The van der Waals surface area contributed by atoms with Gasteiger partial charge in [-0.2, -0.15) is 0 Å². The molecule has 0 radical (unpaired) electrons. The van der Waals surface area contributed by atoms with Crippen LogP contribution in [0.4, 0.5) is 4.79 Å². The van der Waals surface area contributed by atoms with Crippen molar-refractivity contribution < 1.29 is 19.1 Å². The molecule has 3 heterocycles. The van der Waals surface area contributed by atoms with Gasteiger partial charge in [-0.3, -0.25) is 4.79 Å². The highest BCUT2D eigenvalue weighted by atomic mass is 16.6. The smallest absolute Gasteiger partial charge is 0.408 e. The van der Waals surface area contributed by atoms with Crippen LogP contribution in [0.15, 0.2) is 60.8 Å². The van der Waals surface area contributed by atoms with E-state index in [4.69, 9.17) is 9.47 Å². The first-order valence-corrected chi connectivity index (χ1v) is 13.6. The summed E-state index contributed by atoms with van der Waals surface area (Å²) in [5.41, 5.74) is 4.29. The fourth-order valence-corrected chi connectivity index (χ4v) is 5.24. The van der Waals surface area contributed by atoms with Crippen molar-refractivity contribution in [1.82, 2.24) is 20.2 Å². The molecule has 0 spiro atoms. The molecule has 5 rings (SSSR count). The fourth-order valence-electron chi connectivity index (χ4n) is 5.24. The summed E-state index contributed by atoms with van der Waals surface area (Å²) in [6.07, 6.45) is 4.18. The van der Waals surface area contributed by atoms with Crippen molar-refractivity contribution in [2.75, 3.05) is 19.8 Å². The number of hydrogen-bond donors (Lipinski definition) is 2. The zero-order valence-corrected chi connectivity index (χ0v) is 22.1. The first kappa shape index (κ1) is 26.0. The minimum absolute atomic E-state index is 0.0821. The van der Waals surface area contributed by atoms with Gasteiger partial charge in [0, 0.05) is 19.4 Å². The van der Waals surface area contributed by atoms with Crippen molar-refractivity contribution >= 4 is 12.0 Å². The quantitative estimate of drug-likeness (QED) is 0.442. The van der Waals surface area contributed by atoms with Crippen LogP contribution in [0.25, 0.3) is 22.4 Å². The Morgan fingerprint density at radius 3 is 2.39 bits per heavy atom. The van der Waals surface area contributed by atoms with E-state index in [0.29, 0.717) is 32.6 Å². The van der Waals surface area contributed by atoms with Crippen LogP contribution in [0.1, 0.15) is 51.4 Å². The third-order valence-electron chi connectivity index (χ3n) is 7.40. The number of ether oxygens (including phenoxy) is 2. The summed E-state index contributed by atoms with van der Waals surface area (Å²) in [6, 6.07) is 17.8. The van der Waals surface area contributed by atoms with E-state index in [0.717, 1.165) is 35.5 Å². The summed E-state index contributed by atoms with van der Waals surface area (Å²) in [5.74, 6) is 0.586. The van der Waals surface area contributed by atoms with Crippen LogP contribution in [0.5, 0.6) is 0 Å². The lowest BCUT2D eigenvalue weighted by Crippen LogP contribution is -2.51. The Hall–Kier alpha value is -3.65. The van der Waals surface area contributed by atoms with E-state index in [2.05, 4.69) is 51.7 Å². The lowest BCUT2D eigenvalue weighted by molar-refractivity contribution is -0.135. The Kier molecular flexibility index (Phi) is 8.08. The largest absolute Gasteiger partial charge is 0.446 e. The van der Waals surface area contributed by atoms with E-state index >= 15 is 0 Å². The third-order valence-corrected chi connectivity index (χ3v) is 7.40. The number of imidazole rings is 1. The van der Waals surface area contributed by atoms with Gasteiger partial charge in [0.1, 0.15) is 18.0 Å². The molecule has 8 nitrogen and oxygen atoms in total. The number of likely N-dealkylation sites (tertiary alicyclic amines) is 1. The van der Waals surface area contributed by atoms with Crippen LogP contribution < -0.4 is 5.32 Å². The highest BCUT2D eigenvalue weighted by Gasteiger charge is 2.37. The zero-order chi connectivity index (χ0) is 26.5. The molecule has 0 saturated carbocycles. The Bertz CT molecular complexity index is 1220. The summed E-state index contributed by atoms with van der Waals surface area (Å²) >= 11 is 0. The number of carbonyl (C=O) groups is 2. The number of aromatic nitrogens is 2. The average molecular weight is 517 g/mol. The van der Waals surface area contributed by atoms with Crippen LogP contribution in [0, 0.1) is 5.92 Å². The average Bonchev–Trinajstić information content (AvgIpc) is 3.63. The van der Waals surface area contributed by atoms with Gasteiger partial charge in [-0.15, -0.1) is 0 Å². The molecule has 0 bridgehead atoms. The highest BCUT2D eigenvalue weighted by Crippen LogP contribution is 2.33. The highest BCUT2D eigenvalue weighted by molar-refractivity contribution is 5.86. The summed E-state index contributed by atoms with van der Waals surface area (Å²) < 4.78 is 10.9. The van der Waals surface area contributed by atoms with Crippen molar-refractivity contribution in [1.29, 1.82) is 0 Å². The van der Waals surface area contributed by atoms with Gasteiger partial charge < -0.3 is 24.7 Å². The van der Waals surface area contributed by atoms with E-state index in [1.165, 1.54) is 5.56 Å². The minimum atomic E-state index is -0.664. The van der Waals surface area contributed by atoms with E-state index in [-0.39, 0.29) is 24.0 Å². The van der Waals surface area contributed by atoms with Crippen LogP contribution in [0.2, 0.25) is 0 Å². The third kappa shape index (κ3) is 5.91. The van der Waals surface area contributed by atoms with E-state index < -0.39 is 12.1 Å². The van der Waals surface area contributed by atoms with Crippen LogP contribution in [0.3, 0.4) is 0 Å². The maximum absolute atomic E-state index is 13.6. The molecule has 2 aliphatic heterocycles. The molecular formula is C30H36N4O4. The lowest BCUT2D eigenvalue weighted by atomic mass is 10.0.